The van der Waals surface area contributed by atoms with Crippen molar-refractivity contribution in [3.05, 3.63) is 28.3 Å². The molecule has 1 saturated carbocycles. The zero-order chi connectivity index (χ0) is 13.3. The number of hydrogen-bond donors (Lipinski definition) is 3. The minimum Gasteiger partial charge on any atom is -0.506 e. The van der Waals surface area contributed by atoms with E-state index in [0.29, 0.717) is 12.8 Å². The maximum Gasteiger partial charge on any atom is 0.271 e. The Hall–Kier alpha value is -2.15. The summed E-state index contributed by atoms with van der Waals surface area (Å²) in [4.78, 5) is 21.7. The molecule has 7 heteroatoms. The average Bonchev–Trinajstić information content (AvgIpc) is 2.27. The highest BCUT2D eigenvalue weighted by atomic mass is 16.6. The third kappa shape index (κ3) is 2.40. The van der Waals surface area contributed by atoms with E-state index in [1.54, 1.807) is 0 Å². The van der Waals surface area contributed by atoms with E-state index in [-0.39, 0.29) is 35.0 Å². The molecule has 1 fully saturated rings. The summed E-state index contributed by atoms with van der Waals surface area (Å²) in [5.41, 5.74) is 5.44. The predicted octanol–water partition coefficient (Wildman–Crippen LogP) is 0.976. The maximum atomic E-state index is 11.7. The standard InChI is InChI=1S/C11H13N3O4/c12-7-3-6(4-7)11(16)13-9-5-8(14(17)18)1-2-10(9)15/h1-2,5-7,15H,3-4,12H2,(H,13,16). The van der Waals surface area contributed by atoms with E-state index >= 15 is 0 Å². The molecule has 0 radical (unpaired) electrons. The number of non-ortho nitro benzene ring substituents is 1. The number of phenols is 1. The van der Waals surface area contributed by atoms with Gasteiger partial charge in [0.15, 0.2) is 0 Å². The number of amides is 1. The van der Waals surface area contributed by atoms with Gasteiger partial charge in [-0.1, -0.05) is 0 Å². The van der Waals surface area contributed by atoms with Crippen LogP contribution in [-0.4, -0.2) is 22.0 Å². The summed E-state index contributed by atoms with van der Waals surface area (Å²) in [6.07, 6.45) is 1.20. The number of carbonyl (C=O) groups is 1. The lowest BCUT2D eigenvalue weighted by Crippen LogP contribution is -2.42. The van der Waals surface area contributed by atoms with Crippen molar-refractivity contribution in [1.82, 2.24) is 0 Å². The minimum atomic E-state index is -0.589. The molecule has 0 unspecified atom stereocenters. The third-order valence-corrected chi connectivity index (χ3v) is 2.99. The van der Waals surface area contributed by atoms with Crippen molar-refractivity contribution in [2.75, 3.05) is 5.32 Å². The number of anilines is 1. The number of nitrogens with zero attached hydrogens (tertiary/aromatic N) is 1. The van der Waals surface area contributed by atoms with Gasteiger partial charge in [-0.15, -0.1) is 0 Å². The fraction of sp³-hybridized carbons (Fsp3) is 0.364. The van der Waals surface area contributed by atoms with Crippen molar-refractivity contribution >= 4 is 17.3 Å². The van der Waals surface area contributed by atoms with Crippen LogP contribution in [0.25, 0.3) is 0 Å². The molecule has 18 heavy (non-hydrogen) atoms. The summed E-state index contributed by atoms with van der Waals surface area (Å²) in [6, 6.07) is 3.52. The monoisotopic (exact) mass is 251 g/mol. The number of benzene rings is 1. The predicted molar refractivity (Wildman–Crippen MR) is 64.1 cm³/mol. The van der Waals surface area contributed by atoms with Crippen molar-refractivity contribution < 1.29 is 14.8 Å². The molecule has 0 bridgehead atoms. The van der Waals surface area contributed by atoms with E-state index < -0.39 is 4.92 Å². The molecule has 1 aromatic carbocycles. The van der Waals surface area contributed by atoms with Crippen LogP contribution in [0.3, 0.4) is 0 Å². The Balaban J connectivity index is 2.10. The van der Waals surface area contributed by atoms with Crippen molar-refractivity contribution in [1.29, 1.82) is 0 Å². The largest absolute Gasteiger partial charge is 0.506 e. The Morgan fingerprint density at radius 1 is 1.50 bits per heavy atom. The van der Waals surface area contributed by atoms with Crippen LogP contribution in [0.15, 0.2) is 18.2 Å². The van der Waals surface area contributed by atoms with Gasteiger partial charge in [0.2, 0.25) is 5.91 Å². The number of nitrogens with two attached hydrogens (primary N) is 1. The van der Waals surface area contributed by atoms with E-state index in [9.17, 15) is 20.0 Å². The quantitative estimate of drug-likeness (QED) is 0.420. The smallest absolute Gasteiger partial charge is 0.271 e. The van der Waals surface area contributed by atoms with Gasteiger partial charge in [-0.2, -0.15) is 0 Å². The highest BCUT2D eigenvalue weighted by molar-refractivity contribution is 5.94. The van der Waals surface area contributed by atoms with Crippen LogP contribution in [0.5, 0.6) is 5.75 Å². The van der Waals surface area contributed by atoms with Gasteiger partial charge in [0.25, 0.3) is 5.69 Å². The molecule has 0 aromatic heterocycles. The summed E-state index contributed by atoms with van der Waals surface area (Å²) in [5.74, 6) is -0.649. The van der Waals surface area contributed by atoms with Gasteiger partial charge in [-0.25, -0.2) is 0 Å². The fourth-order valence-electron chi connectivity index (χ4n) is 1.85. The van der Waals surface area contributed by atoms with Gasteiger partial charge < -0.3 is 16.2 Å². The highest BCUT2D eigenvalue weighted by Gasteiger charge is 2.32. The topological polar surface area (TPSA) is 118 Å². The zero-order valence-corrected chi connectivity index (χ0v) is 9.50. The fourth-order valence-corrected chi connectivity index (χ4v) is 1.85. The number of rotatable bonds is 3. The highest BCUT2D eigenvalue weighted by Crippen LogP contribution is 2.31. The van der Waals surface area contributed by atoms with Crippen LogP contribution in [0.1, 0.15) is 12.8 Å². The van der Waals surface area contributed by atoms with E-state index in [2.05, 4.69) is 5.32 Å². The van der Waals surface area contributed by atoms with Gasteiger partial charge in [-0.05, 0) is 18.9 Å². The van der Waals surface area contributed by atoms with Crippen LogP contribution in [-0.2, 0) is 4.79 Å². The van der Waals surface area contributed by atoms with Gasteiger partial charge in [0, 0.05) is 24.1 Å². The molecule has 0 heterocycles. The summed E-state index contributed by atoms with van der Waals surface area (Å²) in [7, 11) is 0. The maximum absolute atomic E-state index is 11.7. The van der Waals surface area contributed by atoms with Gasteiger partial charge in [-0.3, -0.25) is 14.9 Å². The summed E-state index contributed by atoms with van der Waals surface area (Å²) >= 11 is 0. The van der Waals surface area contributed by atoms with Crippen LogP contribution < -0.4 is 11.1 Å². The number of nitro benzene ring substituents is 1. The lowest BCUT2D eigenvalue weighted by Gasteiger charge is -2.31. The van der Waals surface area contributed by atoms with Crippen LogP contribution in [0.4, 0.5) is 11.4 Å². The second-order valence-corrected chi connectivity index (χ2v) is 4.38. The molecule has 1 aliphatic carbocycles. The minimum absolute atomic E-state index is 0.0412. The second kappa shape index (κ2) is 4.61. The molecule has 0 aliphatic heterocycles. The van der Waals surface area contributed by atoms with Gasteiger partial charge in [0.1, 0.15) is 5.75 Å². The van der Waals surface area contributed by atoms with E-state index in [4.69, 9.17) is 5.73 Å². The molecule has 0 atom stereocenters. The number of aromatic hydroxyl groups is 1. The molecule has 1 amide bonds. The summed E-state index contributed by atoms with van der Waals surface area (Å²) in [5, 5.41) is 22.6. The van der Waals surface area contributed by atoms with Crippen LogP contribution in [0, 0.1) is 16.0 Å². The Morgan fingerprint density at radius 2 is 2.17 bits per heavy atom. The number of nitrogens with one attached hydrogen (secondary N) is 1. The Morgan fingerprint density at radius 3 is 2.72 bits per heavy atom. The number of phenolic OH excluding ortho intramolecular Hbond substituents is 1. The molecule has 0 saturated heterocycles. The number of carbonyl (C=O) groups excluding carboxylic acids is 1. The lowest BCUT2D eigenvalue weighted by atomic mass is 9.80. The van der Waals surface area contributed by atoms with Crippen molar-refractivity contribution in [2.24, 2.45) is 11.7 Å². The normalized spacial score (nSPS) is 22.1. The van der Waals surface area contributed by atoms with E-state index in [0.717, 1.165) is 6.07 Å². The van der Waals surface area contributed by atoms with Crippen LogP contribution in [0.2, 0.25) is 0 Å². The van der Waals surface area contributed by atoms with Gasteiger partial charge in [0.05, 0.1) is 10.6 Å². The molecule has 1 aliphatic rings. The molecule has 2 rings (SSSR count). The first-order valence-electron chi connectivity index (χ1n) is 5.51. The lowest BCUT2D eigenvalue weighted by molar-refractivity contribution is -0.384. The summed E-state index contributed by atoms with van der Waals surface area (Å²) in [6.45, 7) is 0. The molecule has 0 spiro atoms. The first-order chi connectivity index (χ1) is 8.47. The van der Waals surface area contributed by atoms with E-state index in [1.165, 1.54) is 12.1 Å². The Kier molecular flexibility index (Phi) is 3.15. The molecule has 7 nitrogen and oxygen atoms in total. The zero-order valence-electron chi connectivity index (χ0n) is 9.50. The molecule has 1 aromatic rings. The Bertz CT molecular complexity index is 497. The number of nitro groups is 1. The SMILES string of the molecule is NC1CC(C(=O)Nc2cc([N+](=O)[O-])ccc2O)C1. The average molecular weight is 251 g/mol. The van der Waals surface area contributed by atoms with Crippen LogP contribution >= 0.6 is 0 Å². The molecule has 4 N–H and O–H groups in total. The first-order valence-corrected chi connectivity index (χ1v) is 5.51. The van der Waals surface area contributed by atoms with Crippen molar-refractivity contribution in [2.45, 2.75) is 18.9 Å². The molecular weight excluding hydrogens is 238 g/mol. The molecular formula is C11H13N3O4. The first kappa shape index (κ1) is 12.3. The second-order valence-electron chi connectivity index (χ2n) is 4.38. The van der Waals surface area contributed by atoms with Crippen molar-refractivity contribution in [3.63, 3.8) is 0 Å². The Labute approximate surface area is 103 Å². The van der Waals surface area contributed by atoms with Gasteiger partial charge >= 0.3 is 0 Å². The summed E-state index contributed by atoms with van der Waals surface area (Å²) < 4.78 is 0. The number of hydrogen-bond acceptors (Lipinski definition) is 5. The van der Waals surface area contributed by atoms with Crippen molar-refractivity contribution in [3.8, 4) is 5.75 Å². The van der Waals surface area contributed by atoms with E-state index in [1.807, 2.05) is 0 Å². The third-order valence-electron chi connectivity index (χ3n) is 2.99. The molecule has 96 valence electrons.